The molecule has 0 atom stereocenters. The third-order valence-corrected chi connectivity index (χ3v) is 2.39. The molecular weight excluding hydrogens is 164 g/mol. The molecule has 3 nitrogen and oxygen atoms in total. The third kappa shape index (κ3) is 2.32. The summed E-state index contributed by atoms with van der Waals surface area (Å²) in [5, 5.41) is 6.63. The van der Waals surface area contributed by atoms with Crippen LogP contribution >= 0.6 is 0 Å². The fourth-order valence-corrected chi connectivity index (χ4v) is 1.47. The minimum absolute atomic E-state index is 0.816. The third-order valence-electron chi connectivity index (χ3n) is 2.39. The van der Waals surface area contributed by atoms with Crippen LogP contribution in [-0.2, 0) is 6.54 Å². The van der Waals surface area contributed by atoms with Crippen LogP contribution in [0.5, 0.6) is 0 Å². The zero-order valence-corrected chi connectivity index (χ0v) is 7.97. The van der Waals surface area contributed by atoms with E-state index in [-0.39, 0.29) is 0 Å². The van der Waals surface area contributed by atoms with Crippen molar-refractivity contribution in [2.24, 2.45) is 5.92 Å². The van der Waals surface area contributed by atoms with Crippen molar-refractivity contribution in [3.05, 3.63) is 23.7 Å². The molecule has 1 saturated heterocycles. The van der Waals surface area contributed by atoms with Crippen LogP contribution < -0.4 is 10.6 Å². The highest BCUT2D eigenvalue weighted by Gasteiger charge is 2.15. The zero-order chi connectivity index (χ0) is 9.10. The lowest BCUT2D eigenvalue weighted by atomic mass is 10.0. The Hall–Kier alpha value is -0.800. The maximum atomic E-state index is 5.44. The van der Waals surface area contributed by atoms with E-state index in [4.69, 9.17) is 4.42 Å². The van der Waals surface area contributed by atoms with Crippen LogP contribution in [0.2, 0.25) is 0 Å². The van der Waals surface area contributed by atoms with Crippen LogP contribution in [0.15, 0.2) is 16.5 Å². The van der Waals surface area contributed by atoms with Crippen molar-refractivity contribution in [1.29, 1.82) is 0 Å². The summed E-state index contributed by atoms with van der Waals surface area (Å²) in [6.45, 7) is 6.23. The Morgan fingerprint density at radius 2 is 2.38 bits per heavy atom. The molecule has 0 unspecified atom stereocenters. The second kappa shape index (κ2) is 3.94. The van der Waals surface area contributed by atoms with Gasteiger partial charge in [0.2, 0.25) is 0 Å². The molecule has 2 rings (SSSR count). The average molecular weight is 180 g/mol. The van der Waals surface area contributed by atoms with Crippen molar-refractivity contribution in [2.45, 2.75) is 13.5 Å². The minimum Gasteiger partial charge on any atom is -0.465 e. The molecule has 0 saturated carbocycles. The summed E-state index contributed by atoms with van der Waals surface area (Å²) < 4.78 is 5.44. The maximum Gasteiger partial charge on any atom is 0.117 e. The Morgan fingerprint density at radius 1 is 1.54 bits per heavy atom. The molecule has 0 radical (unpaired) electrons. The molecular formula is C10H16N2O. The highest BCUT2D eigenvalue weighted by atomic mass is 16.3. The molecule has 72 valence electrons. The molecule has 0 amide bonds. The zero-order valence-electron chi connectivity index (χ0n) is 7.97. The number of hydrogen-bond acceptors (Lipinski definition) is 3. The summed E-state index contributed by atoms with van der Waals surface area (Å²) >= 11 is 0. The molecule has 1 aliphatic heterocycles. The summed E-state index contributed by atoms with van der Waals surface area (Å²) in [4.78, 5) is 0. The number of rotatable bonds is 4. The molecule has 1 fully saturated rings. The van der Waals surface area contributed by atoms with E-state index in [2.05, 4.69) is 10.6 Å². The smallest absolute Gasteiger partial charge is 0.117 e. The van der Waals surface area contributed by atoms with Gasteiger partial charge in [0.25, 0.3) is 0 Å². The fourth-order valence-electron chi connectivity index (χ4n) is 1.47. The lowest BCUT2D eigenvalue weighted by Crippen LogP contribution is -2.47. The largest absolute Gasteiger partial charge is 0.465 e. The first-order valence-electron chi connectivity index (χ1n) is 4.81. The van der Waals surface area contributed by atoms with Gasteiger partial charge in [0.05, 0.1) is 6.54 Å². The Morgan fingerprint density at radius 3 is 2.92 bits per heavy atom. The quantitative estimate of drug-likeness (QED) is 0.722. The Kier molecular flexibility index (Phi) is 2.66. The molecule has 3 heteroatoms. The van der Waals surface area contributed by atoms with Gasteiger partial charge in [-0.15, -0.1) is 0 Å². The van der Waals surface area contributed by atoms with E-state index >= 15 is 0 Å². The van der Waals surface area contributed by atoms with Crippen molar-refractivity contribution < 1.29 is 4.42 Å². The molecule has 0 bridgehead atoms. The predicted molar refractivity (Wildman–Crippen MR) is 51.5 cm³/mol. The normalized spacial score (nSPS) is 17.3. The molecule has 0 spiro atoms. The predicted octanol–water partition coefficient (Wildman–Crippen LogP) is 0.897. The van der Waals surface area contributed by atoms with Crippen molar-refractivity contribution in [2.75, 3.05) is 19.6 Å². The van der Waals surface area contributed by atoms with E-state index in [9.17, 15) is 0 Å². The fraction of sp³-hybridized carbons (Fsp3) is 0.600. The summed E-state index contributed by atoms with van der Waals surface area (Å²) in [5.74, 6) is 2.84. The number of hydrogen-bond donors (Lipinski definition) is 2. The molecule has 0 aliphatic carbocycles. The second-order valence-corrected chi connectivity index (χ2v) is 3.67. The first-order chi connectivity index (χ1) is 6.34. The highest BCUT2D eigenvalue weighted by Crippen LogP contribution is 2.06. The van der Waals surface area contributed by atoms with Crippen LogP contribution in [-0.4, -0.2) is 19.6 Å². The van der Waals surface area contributed by atoms with Gasteiger partial charge in [-0.3, -0.25) is 0 Å². The van der Waals surface area contributed by atoms with Crippen molar-refractivity contribution in [3.63, 3.8) is 0 Å². The van der Waals surface area contributed by atoms with Crippen molar-refractivity contribution >= 4 is 0 Å². The average Bonchev–Trinajstić information content (AvgIpc) is 2.42. The highest BCUT2D eigenvalue weighted by molar-refractivity contribution is 5.05. The van der Waals surface area contributed by atoms with E-state index in [1.54, 1.807) is 0 Å². The standard InChI is InChI=1S/C10H16N2O/c1-8-2-3-10(13-8)7-12-6-9-4-11-5-9/h2-3,9,11-12H,4-7H2,1H3. The van der Waals surface area contributed by atoms with Gasteiger partial charge in [0.1, 0.15) is 11.5 Å². The Bertz CT molecular complexity index is 266. The van der Waals surface area contributed by atoms with Gasteiger partial charge in [0, 0.05) is 19.6 Å². The van der Waals surface area contributed by atoms with Gasteiger partial charge in [-0.25, -0.2) is 0 Å². The van der Waals surface area contributed by atoms with Crippen molar-refractivity contribution in [3.8, 4) is 0 Å². The van der Waals surface area contributed by atoms with E-state index in [1.165, 1.54) is 0 Å². The van der Waals surface area contributed by atoms with Gasteiger partial charge in [-0.1, -0.05) is 0 Å². The van der Waals surface area contributed by atoms with Crippen LogP contribution in [0.4, 0.5) is 0 Å². The topological polar surface area (TPSA) is 37.2 Å². The Labute approximate surface area is 78.5 Å². The van der Waals surface area contributed by atoms with E-state index < -0.39 is 0 Å². The monoisotopic (exact) mass is 180 g/mol. The van der Waals surface area contributed by atoms with E-state index in [0.717, 1.165) is 43.6 Å². The minimum atomic E-state index is 0.816. The van der Waals surface area contributed by atoms with Crippen LogP contribution in [0.25, 0.3) is 0 Å². The van der Waals surface area contributed by atoms with Gasteiger partial charge in [0.15, 0.2) is 0 Å². The SMILES string of the molecule is Cc1ccc(CNCC2CNC2)o1. The number of nitrogens with one attached hydrogen (secondary N) is 2. The van der Waals surface area contributed by atoms with E-state index in [0.29, 0.717) is 0 Å². The molecule has 2 heterocycles. The molecule has 1 aromatic rings. The molecule has 2 N–H and O–H groups in total. The van der Waals surface area contributed by atoms with Crippen LogP contribution in [0, 0.1) is 12.8 Å². The number of aryl methyl sites for hydroxylation is 1. The van der Waals surface area contributed by atoms with Gasteiger partial charge < -0.3 is 15.1 Å². The lowest BCUT2D eigenvalue weighted by Gasteiger charge is -2.26. The van der Waals surface area contributed by atoms with Crippen molar-refractivity contribution in [1.82, 2.24) is 10.6 Å². The molecule has 1 aromatic heterocycles. The molecule has 1 aliphatic rings. The van der Waals surface area contributed by atoms with Crippen LogP contribution in [0.3, 0.4) is 0 Å². The van der Waals surface area contributed by atoms with E-state index in [1.807, 2.05) is 19.1 Å². The summed E-state index contributed by atoms with van der Waals surface area (Å²) in [7, 11) is 0. The first kappa shape index (κ1) is 8.78. The van der Waals surface area contributed by atoms with Gasteiger partial charge >= 0.3 is 0 Å². The van der Waals surface area contributed by atoms with Crippen LogP contribution in [0.1, 0.15) is 11.5 Å². The number of furan rings is 1. The lowest BCUT2D eigenvalue weighted by molar-refractivity contribution is 0.325. The Balaban J connectivity index is 1.67. The second-order valence-electron chi connectivity index (χ2n) is 3.67. The molecule has 13 heavy (non-hydrogen) atoms. The summed E-state index contributed by atoms with van der Waals surface area (Å²) in [6, 6.07) is 4.03. The summed E-state index contributed by atoms with van der Waals surface area (Å²) in [5.41, 5.74) is 0. The van der Waals surface area contributed by atoms with Gasteiger partial charge in [-0.05, 0) is 25.0 Å². The summed E-state index contributed by atoms with van der Waals surface area (Å²) in [6.07, 6.45) is 0. The molecule has 0 aromatic carbocycles. The first-order valence-corrected chi connectivity index (χ1v) is 4.81. The van der Waals surface area contributed by atoms with Gasteiger partial charge in [-0.2, -0.15) is 0 Å². The maximum absolute atomic E-state index is 5.44.